The fraction of sp³-hybridized carbons (Fsp3) is 0.545. The van der Waals surface area contributed by atoms with Gasteiger partial charge in [-0.25, -0.2) is 4.79 Å². The number of amides is 1. The van der Waals surface area contributed by atoms with Crippen LogP contribution < -0.4 is 5.32 Å². The number of methoxy groups -OCH3 is 1. The largest absolute Gasteiger partial charge is 0.468 e. The lowest BCUT2D eigenvalue weighted by Gasteiger charge is -2.14. The highest BCUT2D eigenvalue weighted by atomic mass is 16.5. The van der Waals surface area contributed by atoms with Crippen LogP contribution in [0.3, 0.4) is 0 Å². The minimum atomic E-state index is -0.248. The number of carbonyl (C=O) groups excluding carboxylic acids is 1. The van der Waals surface area contributed by atoms with Crippen LogP contribution in [0.4, 0.5) is 4.79 Å². The molecular formula is C11H16N2O3. The summed E-state index contributed by atoms with van der Waals surface area (Å²) in [7, 11) is 1.41. The van der Waals surface area contributed by atoms with Crippen LogP contribution in [0.25, 0.3) is 0 Å². The summed E-state index contributed by atoms with van der Waals surface area (Å²) in [5, 5.41) is 3.35. The van der Waals surface area contributed by atoms with Gasteiger partial charge in [0.15, 0.2) is 0 Å². The van der Waals surface area contributed by atoms with Crippen LogP contribution in [-0.4, -0.2) is 37.2 Å². The first-order valence-corrected chi connectivity index (χ1v) is 5.38. The zero-order valence-electron chi connectivity index (χ0n) is 9.31. The molecule has 0 saturated carbocycles. The van der Waals surface area contributed by atoms with E-state index in [1.807, 2.05) is 12.1 Å². The van der Waals surface area contributed by atoms with Gasteiger partial charge in [-0.15, -0.1) is 0 Å². The Kier molecular flexibility index (Phi) is 3.46. The van der Waals surface area contributed by atoms with Crippen molar-refractivity contribution < 1.29 is 13.9 Å². The molecule has 1 aliphatic heterocycles. The van der Waals surface area contributed by atoms with Crippen LogP contribution in [0.15, 0.2) is 22.8 Å². The average molecular weight is 224 g/mol. The monoisotopic (exact) mass is 224 g/mol. The second kappa shape index (κ2) is 5.03. The third kappa shape index (κ3) is 2.55. The fourth-order valence-corrected chi connectivity index (χ4v) is 1.88. The Bertz CT molecular complexity index is 337. The van der Waals surface area contributed by atoms with Gasteiger partial charge >= 0.3 is 6.09 Å². The number of likely N-dealkylation sites (tertiary alicyclic amines) is 1. The first kappa shape index (κ1) is 11.0. The second-order valence-electron chi connectivity index (χ2n) is 3.86. The molecule has 1 N–H and O–H groups in total. The van der Waals surface area contributed by atoms with Gasteiger partial charge in [0.25, 0.3) is 0 Å². The maximum absolute atomic E-state index is 11.2. The molecule has 1 fully saturated rings. The number of hydrogen-bond acceptors (Lipinski definition) is 4. The van der Waals surface area contributed by atoms with Crippen molar-refractivity contribution in [3.05, 3.63) is 24.2 Å². The summed E-state index contributed by atoms with van der Waals surface area (Å²) >= 11 is 0. The number of nitrogens with one attached hydrogen (secondary N) is 1. The van der Waals surface area contributed by atoms with Gasteiger partial charge in [-0.1, -0.05) is 0 Å². The molecule has 1 amide bonds. The van der Waals surface area contributed by atoms with Crippen molar-refractivity contribution in [1.82, 2.24) is 10.2 Å². The van der Waals surface area contributed by atoms with Gasteiger partial charge in [0, 0.05) is 19.1 Å². The molecule has 1 unspecified atom stereocenters. The van der Waals surface area contributed by atoms with E-state index in [9.17, 15) is 4.79 Å². The van der Waals surface area contributed by atoms with E-state index in [2.05, 4.69) is 10.1 Å². The van der Waals surface area contributed by atoms with Gasteiger partial charge in [0.2, 0.25) is 0 Å². The summed E-state index contributed by atoms with van der Waals surface area (Å²) < 4.78 is 9.89. The van der Waals surface area contributed by atoms with Crippen LogP contribution in [0.1, 0.15) is 12.2 Å². The Morgan fingerprint density at radius 2 is 2.62 bits per heavy atom. The van der Waals surface area contributed by atoms with Crippen molar-refractivity contribution in [2.75, 3.05) is 20.2 Å². The molecule has 0 aromatic carbocycles. The normalized spacial score (nSPS) is 20.1. The second-order valence-corrected chi connectivity index (χ2v) is 3.86. The fourth-order valence-electron chi connectivity index (χ4n) is 1.88. The van der Waals surface area contributed by atoms with E-state index in [1.54, 1.807) is 11.2 Å². The predicted octanol–water partition coefficient (Wildman–Crippen LogP) is 1.21. The first-order chi connectivity index (χ1) is 7.79. The van der Waals surface area contributed by atoms with E-state index in [0.717, 1.165) is 18.7 Å². The molecule has 2 rings (SSSR count). The molecule has 1 aliphatic rings. The minimum absolute atomic E-state index is 0.248. The summed E-state index contributed by atoms with van der Waals surface area (Å²) in [6.45, 7) is 2.16. The molecule has 1 atom stereocenters. The maximum atomic E-state index is 11.2. The number of ether oxygens (including phenoxy) is 1. The van der Waals surface area contributed by atoms with Crippen molar-refractivity contribution in [1.29, 1.82) is 0 Å². The third-order valence-electron chi connectivity index (χ3n) is 2.77. The van der Waals surface area contributed by atoms with E-state index in [4.69, 9.17) is 4.42 Å². The van der Waals surface area contributed by atoms with E-state index < -0.39 is 0 Å². The minimum Gasteiger partial charge on any atom is -0.468 e. The molecule has 0 aliphatic carbocycles. The van der Waals surface area contributed by atoms with Gasteiger partial charge in [0.05, 0.1) is 19.9 Å². The van der Waals surface area contributed by atoms with Gasteiger partial charge in [-0.3, -0.25) is 0 Å². The molecule has 1 saturated heterocycles. The maximum Gasteiger partial charge on any atom is 0.409 e. The van der Waals surface area contributed by atoms with Crippen molar-refractivity contribution in [2.24, 2.45) is 0 Å². The molecule has 5 heteroatoms. The highest BCUT2D eigenvalue weighted by molar-refractivity contribution is 5.67. The average Bonchev–Trinajstić information content (AvgIpc) is 2.96. The molecule has 0 bridgehead atoms. The van der Waals surface area contributed by atoms with Crippen LogP contribution in [0, 0.1) is 0 Å². The number of carbonyl (C=O) groups is 1. The molecule has 0 radical (unpaired) electrons. The Morgan fingerprint density at radius 3 is 3.31 bits per heavy atom. The number of furan rings is 1. The van der Waals surface area contributed by atoms with Crippen molar-refractivity contribution in [3.63, 3.8) is 0 Å². The summed E-state index contributed by atoms with van der Waals surface area (Å²) in [6.07, 6.45) is 2.37. The van der Waals surface area contributed by atoms with E-state index in [1.165, 1.54) is 7.11 Å². The van der Waals surface area contributed by atoms with E-state index >= 15 is 0 Å². The molecule has 1 aromatic rings. The lowest BCUT2D eigenvalue weighted by Crippen LogP contribution is -2.34. The van der Waals surface area contributed by atoms with Gasteiger partial charge in [0.1, 0.15) is 5.76 Å². The number of nitrogens with zero attached hydrogens (tertiary/aromatic N) is 1. The standard InChI is InChI=1S/C11H16N2O3/c1-15-11(14)13-5-4-9(8-13)12-7-10-3-2-6-16-10/h2-3,6,9,12H,4-5,7-8H2,1H3. The first-order valence-electron chi connectivity index (χ1n) is 5.38. The smallest absolute Gasteiger partial charge is 0.409 e. The Morgan fingerprint density at radius 1 is 1.75 bits per heavy atom. The Hall–Kier alpha value is -1.49. The van der Waals surface area contributed by atoms with E-state index in [0.29, 0.717) is 19.1 Å². The summed E-state index contributed by atoms with van der Waals surface area (Å²) in [6, 6.07) is 4.12. The third-order valence-corrected chi connectivity index (χ3v) is 2.77. The SMILES string of the molecule is COC(=O)N1CCC(NCc2ccco2)C1. The molecule has 5 nitrogen and oxygen atoms in total. The molecule has 1 aromatic heterocycles. The predicted molar refractivity (Wildman–Crippen MR) is 57.9 cm³/mol. The van der Waals surface area contributed by atoms with Crippen LogP contribution in [0.5, 0.6) is 0 Å². The van der Waals surface area contributed by atoms with Crippen molar-refractivity contribution >= 4 is 6.09 Å². The van der Waals surface area contributed by atoms with Crippen molar-refractivity contribution in [2.45, 2.75) is 19.0 Å². The Labute approximate surface area is 94.4 Å². The number of rotatable bonds is 3. The zero-order valence-corrected chi connectivity index (χ0v) is 9.31. The Balaban J connectivity index is 1.75. The van der Waals surface area contributed by atoms with E-state index in [-0.39, 0.29) is 6.09 Å². The topological polar surface area (TPSA) is 54.7 Å². The van der Waals surface area contributed by atoms with Crippen LogP contribution in [0.2, 0.25) is 0 Å². The number of hydrogen-bond donors (Lipinski definition) is 1. The summed E-state index contributed by atoms with van der Waals surface area (Å²) in [5.41, 5.74) is 0. The summed E-state index contributed by atoms with van der Waals surface area (Å²) in [4.78, 5) is 13.0. The zero-order chi connectivity index (χ0) is 11.4. The quantitative estimate of drug-likeness (QED) is 0.838. The lowest BCUT2D eigenvalue weighted by molar-refractivity contribution is 0.132. The molecular weight excluding hydrogens is 208 g/mol. The molecule has 0 spiro atoms. The molecule has 16 heavy (non-hydrogen) atoms. The highest BCUT2D eigenvalue weighted by Gasteiger charge is 2.26. The van der Waals surface area contributed by atoms with Gasteiger partial charge in [-0.2, -0.15) is 0 Å². The van der Waals surface area contributed by atoms with Gasteiger partial charge in [-0.05, 0) is 18.6 Å². The summed E-state index contributed by atoms with van der Waals surface area (Å²) in [5.74, 6) is 0.913. The lowest BCUT2D eigenvalue weighted by atomic mass is 10.2. The van der Waals surface area contributed by atoms with Crippen LogP contribution in [-0.2, 0) is 11.3 Å². The van der Waals surface area contributed by atoms with Crippen molar-refractivity contribution in [3.8, 4) is 0 Å². The van der Waals surface area contributed by atoms with Gasteiger partial charge < -0.3 is 19.4 Å². The van der Waals surface area contributed by atoms with Crippen LogP contribution >= 0.6 is 0 Å². The molecule has 88 valence electrons. The molecule has 2 heterocycles. The highest BCUT2D eigenvalue weighted by Crippen LogP contribution is 2.11.